The number of pyridine rings is 1. The van der Waals surface area contributed by atoms with Crippen LogP contribution in [-0.2, 0) is 18.3 Å². The number of aromatic nitrogens is 5. The first-order valence-electron chi connectivity index (χ1n) is 11.9. The van der Waals surface area contributed by atoms with Crippen molar-refractivity contribution < 1.29 is 9.53 Å². The predicted octanol–water partition coefficient (Wildman–Crippen LogP) is 3.77. The second kappa shape index (κ2) is 10.1. The van der Waals surface area contributed by atoms with E-state index in [1.54, 1.807) is 37.6 Å². The van der Waals surface area contributed by atoms with Gasteiger partial charge >= 0.3 is 11.1 Å². The number of benzene rings is 1. The molecule has 4 aromatic heterocycles. The molecule has 5 aromatic rings. The summed E-state index contributed by atoms with van der Waals surface area (Å²) < 4.78 is 8.92. The van der Waals surface area contributed by atoms with Gasteiger partial charge in [0.15, 0.2) is 0 Å². The maximum atomic E-state index is 13.2. The molecule has 4 heterocycles. The SMILES string of the molecule is CC(C)OCCCn1c(NC(=O)c2ccc(-c3ccncc3)s2)nc2cc3[nH]c(=O)c(=O)n(C)c3cc21. The molecule has 0 aliphatic carbocycles. The highest BCUT2D eigenvalue weighted by Gasteiger charge is 2.18. The molecule has 1 aromatic carbocycles. The number of nitrogens with one attached hydrogen (secondary N) is 2. The van der Waals surface area contributed by atoms with E-state index in [1.165, 1.54) is 15.9 Å². The monoisotopic (exact) mass is 518 g/mol. The Hall–Kier alpha value is -4.09. The quantitative estimate of drug-likeness (QED) is 0.238. The number of carbonyl (C=O) groups is 1. The van der Waals surface area contributed by atoms with Gasteiger partial charge in [0.05, 0.1) is 33.0 Å². The molecule has 1 amide bonds. The Labute approximate surface area is 215 Å². The third-order valence-corrected chi connectivity index (χ3v) is 7.10. The van der Waals surface area contributed by atoms with E-state index in [0.717, 1.165) is 16.0 Å². The maximum Gasteiger partial charge on any atom is 0.316 e. The van der Waals surface area contributed by atoms with Gasteiger partial charge in [0, 0.05) is 37.5 Å². The van der Waals surface area contributed by atoms with Crippen LogP contribution in [0.15, 0.2) is 58.4 Å². The van der Waals surface area contributed by atoms with Crippen LogP contribution in [0, 0.1) is 0 Å². The van der Waals surface area contributed by atoms with Gasteiger partial charge in [-0.3, -0.25) is 24.7 Å². The van der Waals surface area contributed by atoms with Crippen molar-refractivity contribution >= 4 is 45.3 Å². The normalized spacial score (nSPS) is 11.6. The third-order valence-electron chi connectivity index (χ3n) is 5.97. The zero-order chi connectivity index (χ0) is 26.1. The van der Waals surface area contributed by atoms with Crippen LogP contribution in [0.3, 0.4) is 0 Å². The number of hydrogen-bond donors (Lipinski definition) is 2. The van der Waals surface area contributed by atoms with Gasteiger partial charge in [-0.15, -0.1) is 11.3 Å². The van der Waals surface area contributed by atoms with Crippen LogP contribution >= 0.6 is 11.3 Å². The predicted molar refractivity (Wildman–Crippen MR) is 144 cm³/mol. The topological polar surface area (TPSA) is 124 Å². The molecule has 0 aliphatic heterocycles. The summed E-state index contributed by atoms with van der Waals surface area (Å²) in [5, 5.41) is 2.95. The van der Waals surface area contributed by atoms with Crippen molar-refractivity contribution in [3.05, 3.63) is 74.4 Å². The number of amides is 1. The lowest BCUT2D eigenvalue weighted by Crippen LogP contribution is -2.34. The number of aromatic amines is 1. The Balaban J connectivity index is 1.52. The highest BCUT2D eigenvalue weighted by atomic mass is 32.1. The highest BCUT2D eigenvalue weighted by Crippen LogP contribution is 2.29. The molecule has 37 heavy (non-hydrogen) atoms. The van der Waals surface area contributed by atoms with E-state index in [1.807, 2.05) is 36.6 Å². The molecule has 0 saturated carbocycles. The first-order chi connectivity index (χ1) is 17.8. The lowest BCUT2D eigenvalue weighted by molar-refractivity contribution is 0.0751. The number of carbonyl (C=O) groups excluding carboxylic acids is 1. The van der Waals surface area contributed by atoms with Gasteiger partial charge in [-0.2, -0.15) is 0 Å². The minimum absolute atomic E-state index is 0.113. The average molecular weight is 519 g/mol. The van der Waals surface area contributed by atoms with Gasteiger partial charge in [0.2, 0.25) is 5.95 Å². The van der Waals surface area contributed by atoms with Crippen molar-refractivity contribution in [2.24, 2.45) is 7.05 Å². The number of imidazole rings is 1. The van der Waals surface area contributed by atoms with Crippen LogP contribution < -0.4 is 16.4 Å². The molecule has 0 unspecified atom stereocenters. The fourth-order valence-electron chi connectivity index (χ4n) is 4.13. The minimum Gasteiger partial charge on any atom is -0.379 e. The summed E-state index contributed by atoms with van der Waals surface area (Å²) in [6.45, 7) is 5.04. The van der Waals surface area contributed by atoms with Crippen molar-refractivity contribution in [1.82, 2.24) is 24.1 Å². The molecule has 11 heteroatoms. The van der Waals surface area contributed by atoms with E-state index in [4.69, 9.17) is 4.74 Å². The van der Waals surface area contributed by atoms with Gasteiger partial charge in [-0.05, 0) is 62.2 Å². The fraction of sp³-hybridized carbons (Fsp3) is 0.269. The van der Waals surface area contributed by atoms with Crippen LogP contribution in [0.1, 0.15) is 29.9 Å². The van der Waals surface area contributed by atoms with Gasteiger partial charge in [-0.25, -0.2) is 4.98 Å². The largest absolute Gasteiger partial charge is 0.379 e. The highest BCUT2D eigenvalue weighted by molar-refractivity contribution is 7.17. The van der Waals surface area contributed by atoms with E-state index in [9.17, 15) is 14.4 Å². The Kier molecular flexibility index (Phi) is 6.72. The number of thiophene rings is 1. The smallest absolute Gasteiger partial charge is 0.316 e. The van der Waals surface area contributed by atoms with Crippen molar-refractivity contribution in [3.8, 4) is 10.4 Å². The van der Waals surface area contributed by atoms with Crippen molar-refractivity contribution in [1.29, 1.82) is 0 Å². The number of aryl methyl sites for hydroxylation is 2. The second-order valence-corrected chi connectivity index (χ2v) is 9.97. The van der Waals surface area contributed by atoms with Crippen LogP contribution in [0.4, 0.5) is 5.95 Å². The Morgan fingerprint density at radius 1 is 1.14 bits per heavy atom. The average Bonchev–Trinajstić information content (AvgIpc) is 3.50. The molecule has 0 aliphatic rings. The summed E-state index contributed by atoms with van der Waals surface area (Å²) in [5.74, 6) is 0.108. The van der Waals surface area contributed by atoms with Crippen LogP contribution in [0.2, 0.25) is 0 Å². The second-order valence-electron chi connectivity index (χ2n) is 8.89. The zero-order valence-corrected chi connectivity index (χ0v) is 21.5. The Morgan fingerprint density at radius 3 is 2.68 bits per heavy atom. The van der Waals surface area contributed by atoms with Crippen molar-refractivity contribution in [2.45, 2.75) is 32.9 Å². The number of ether oxygens (including phenoxy) is 1. The van der Waals surface area contributed by atoms with Gasteiger partial charge in [-0.1, -0.05) is 0 Å². The zero-order valence-electron chi connectivity index (χ0n) is 20.6. The molecule has 0 fully saturated rings. The summed E-state index contributed by atoms with van der Waals surface area (Å²) in [6, 6.07) is 11.0. The van der Waals surface area contributed by atoms with Crippen molar-refractivity contribution in [3.63, 3.8) is 0 Å². The molecule has 5 rings (SSSR count). The molecule has 0 saturated heterocycles. The number of hydrogen-bond acceptors (Lipinski definition) is 7. The van der Waals surface area contributed by atoms with E-state index >= 15 is 0 Å². The van der Waals surface area contributed by atoms with E-state index < -0.39 is 11.1 Å². The summed E-state index contributed by atoms with van der Waals surface area (Å²) in [5.41, 5.74) is 2.03. The molecule has 0 bridgehead atoms. The summed E-state index contributed by atoms with van der Waals surface area (Å²) in [6.07, 6.45) is 4.24. The van der Waals surface area contributed by atoms with Gasteiger partial charge < -0.3 is 18.9 Å². The number of fused-ring (bicyclic) bond motifs is 2. The lowest BCUT2D eigenvalue weighted by Gasteiger charge is -2.12. The van der Waals surface area contributed by atoms with E-state index in [0.29, 0.717) is 46.9 Å². The Bertz CT molecular complexity index is 1710. The van der Waals surface area contributed by atoms with E-state index in [2.05, 4.69) is 20.3 Å². The standard InChI is InChI=1S/C26H26N6O4S/c1-15(2)36-12-4-11-32-20-14-19-17(28-24(34)25(35)31(19)3)13-18(20)29-26(32)30-23(33)22-6-5-21(37-22)16-7-9-27-10-8-16/h5-10,13-15H,4,11-12H2,1-3H3,(H,28,34)(H,29,30,33). The number of H-pyrrole nitrogens is 1. The third kappa shape index (κ3) is 4.95. The lowest BCUT2D eigenvalue weighted by atomic mass is 10.2. The molecule has 0 atom stereocenters. The van der Waals surface area contributed by atoms with Crippen LogP contribution in [-0.4, -0.2) is 42.7 Å². The maximum absolute atomic E-state index is 13.2. The van der Waals surface area contributed by atoms with Crippen LogP contribution in [0.25, 0.3) is 32.5 Å². The fourth-order valence-corrected chi connectivity index (χ4v) is 5.04. The molecule has 190 valence electrons. The van der Waals surface area contributed by atoms with Gasteiger partial charge in [0.25, 0.3) is 5.91 Å². The number of rotatable bonds is 8. The summed E-state index contributed by atoms with van der Waals surface area (Å²) >= 11 is 1.38. The minimum atomic E-state index is -0.698. The summed E-state index contributed by atoms with van der Waals surface area (Å²) in [7, 11) is 1.56. The number of anilines is 1. The Morgan fingerprint density at radius 2 is 1.92 bits per heavy atom. The van der Waals surface area contributed by atoms with Crippen molar-refractivity contribution in [2.75, 3.05) is 11.9 Å². The first kappa shape index (κ1) is 24.6. The molecular weight excluding hydrogens is 492 g/mol. The molecular formula is C26H26N6O4S. The van der Waals surface area contributed by atoms with Crippen LogP contribution in [0.5, 0.6) is 0 Å². The molecule has 0 radical (unpaired) electrons. The molecule has 0 spiro atoms. The molecule has 2 N–H and O–H groups in total. The van der Waals surface area contributed by atoms with E-state index in [-0.39, 0.29) is 12.0 Å². The first-order valence-corrected chi connectivity index (χ1v) is 12.7. The number of nitrogens with zero attached hydrogens (tertiary/aromatic N) is 4. The molecule has 10 nitrogen and oxygen atoms in total. The van der Waals surface area contributed by atoms with Gasteiger partial charge in [0.1, 0.15) is 0 Å². The summed E-state index contributed by atoms with van der Waals surface area (Å²) in [4.78, 5) is 50.3.